The van der Waals surface area contributed by atoms with Crippen LogP contribution in [0.5, 0.6) is 0 Å². The Balaban J connectivity index is 0.000000249. The lowest BCUT2D eigenvalue weighted by Gasteiger charge is -1.96. The summed E-state index contributed by atoms with van der Waals surface area (Å²) in [6, 6.07) is 7.82. The van der Waals surface area contributed by atoms with Gasteiger partial charge in [-0.1, -0.05) is 0 Å². The number of rotatable bonds is 7. The maximum absolute atomic E-state index is 10.4. The average Bonchev–Trinajstić information content (AvgIpc) is 3.53. The van der Waals surface area contributed by atoms with Gasteiger partial charge < -0.3 is 33.3 Å². The Labute approximate surface area is 183 Å². The van der Waals surface area contributed by atoms with E-state index in [9.17, 15) is 28.8 Å². The molecule has 0 bridgehead atoms. The van der Waals surface area contributed by atoms with Crippen LogP contribution in [0.15, 0.2) is 49.6 Å². The van der Waals surface area contributed by atoms with Gasteiger partial charge in [0.15, 0.2) is 24.1 Å². The molecule has 13 nitrogen and oxygen atoms in total. The molecule has 0 radical (unpaired) electrons. The van der Waals surface area contributed by atoms with Gasteiger partial charge in [0.2, 0.25) is 17.3 Å². The van der Waals surface area contributed by atoms with E-state index in [0.29, 0.717) is 18.3 Å². The van der Waals surface area contributed by atoms with E-state index >= 15 is 0 Å². The van der Waals surface area contributed by atoms with Gasteiger partial charge in [-0.3, -0.25) is 14.4 Å². The fourth-order valence-electron chi connectivity index (χ4n) is 1.81. The highest BCUT2D eigenvalue weighted by Gasteiger charge is 2.12. The van der Waals surface area contributed by atoms with Crippen LogP contribution in [-0.4, -0.2) is 51.8 Å². The summed E-state index contributed by atoms with van der Waals surface area (Å²) in [7, 11) is 0. The molecule has 3 aromatic heterocycles. The van der Waals surface area contributed by atoms with Crippen molar-refractivity contribution in [2.75, 3.05) is 0 Å². The Morgan fingerprint density at radius 2 is 1.15 bits per heavy atom. The standard InChI is InChI=1S/C8H8O4.C6H4O5.C6H4O4/c1-6(10)11-5-8-3-2-7(4-9)12-8;7-5(8)3-1-2-4(11-3)6(9)10;7-3-4-1-2-5(10-4)6(8)9/h2-4H,5H2,1H3;1-2H,(H,7,8)(H,9,10);1-3H,(H,8,9). The number of carbonyl (C=O) groups is 6. The van der Waals surface area contributed by atoms with E-state index in [1.54, 1.807) is 6.07 Å². The highest BCUT2D eigenvalue weighted by Crippen LogP contribution is 2.07. The van der Waals surface area contributed by atoms with Crippen LogP contribution in [-0.2, 0) is 16.1 Å². The Hall–Kier alpha value is -4.94. The fourth-order valence-corrected chi connectivity index (χ4v) is 1.81. The topological polar surface area (TPSA) is 212 Å². The van der Waals surface area contributed by atoms with E-state index in [-0.39, 0.29) is 41.4 Å². The predicted octanol–water partition coefficient (Wildman–Crippen LogP) is 2.62. The number of hydrogen-bond donors (Lipinski definition) is 3. The Morgan fingerprint density at radius 3 is 1.48 bits per heavy atom. The minimum Gasteiger partial charge on any atom is -0.475 e. The highest BCUT2D eigenvalue weighted by molar-refractivity contribution is 5.89. The number of esters is 1. The van der Waals surface area contributed by atoms with E-state index in [1.807, 2.05) is 0 Å². The molecule has 0 fully saturated rings. The smallest absolute Gasteiger partial charge is 0.371 e. The molecule has 13 heteroatoms. The van der Waals surface area contributed by atoms with Crippen LogP contribution in [0.2, 0.25) is 0 Å². The molecule has 0 saturated heterocycles. The molecule has 3 N–H and O–H groups in total. The molecule has 33 heavy (non-hydrogen) atoms. The number of hydrogen-bond acceptors (Lipinski definition) is 10. The van der Waals surface area contributed by atoms with Crippen molar-refractivity contribution in [1.82, 2.24) is 0 Å². The lowest BCUT2D eigenvalue weighted by atomic mass is 10.4. The fraction of sp³-hybridized carbons (Fsp3) is 0.100. The second-order valence-electron chi connectivity index (χ2n) is 5.60. The number of carbonyl (C=O) groups excluding carboxylic acids is 3. The number of carboxylic acids is 3. The maximum atomic E-state index is 10.4. The molecule has 0 spiro atoms. The molecular weight excluding hydrogens is 448 g/mol. The average molecular weight is 464 g/mol. The summed E-state index contributed by atoms with van der Waals surface area (Å²) in [5, 5.41) is 24.9. The Bertz CT molecular complexity index is 1100. The normalized spacial score (nSPS) is 9.36. The minimum atomic E-state index is -1.28. The number of carboxylic acid groups (broad SMARTS) is 3. The van der Waals surface area contributed by atoms with E-state index in [0.717, 1.165) is 12.1 Å². The van der Waals surface area contributed by atoms with Crippen LogP contribution in [0.25, 0.3) is 0 Å². The number of aromatic carboxylic acids is 3. The first kappa shape index (κ1) is 26.1. The van der Waals surface area contributed by atoms with E-state index < -0.39 is 17.9 Å². The van der Waals surface area contributed by atoms with Crippen LogP contribution >= 0.6 is 0 Å². The van der Waals surface area contributed by atoms with Crippen molar-refractivity contribution >= 4 is 36.4 Å². The third-order valence-corrected chi connectivity index (χ3v) is 3.20. The van der Waals surface area contributed by atoms with Gasteiger partial charge in [-0.15, -0.1) is 0 Å². The quantitative estimate of drug-likeness (QED) is 0.339. The largest absolute Gasteiger partial charge is 0.475 e. The summed E-state index contributed by atoms with van der Waals surface area (Å²) in [6.45, 7) is 1.38. The van der Waals surface area contributed by atoms with Gasteiger partial charge in [-0.05, 0) is 36.4 Å². The molecule has 0 aliphatic rings. The van der Waals surface area contributed by atoms with Gasteiger partial charge in [0, 0.05) is 6.92 Å². The van der Waals surface area contributed by atoms with Gasteiger partial charge in [0.25, 0.3) is 0 Å². The predicted molar refractivity (Wildman–Crippen MR) is 103 cm³/mol. The van der Waals surface area contributed by atoms with Gasteiger partial charge in [-0.25, -0.2) is 14.4 Å². The number of aldehydes is 2. The van der Waals surface area contributed by atoms with E-state index in [4.69, 9.17) is 19.7 Å². The number of ether oxygens (including phenoxy) is 1. The minimum absolute atomic E-state index is 0.0254. The van der Waals surface area contributed by atoms with Crippen molar-refractivity contribution in [3.63, 3.8) is 0 Å². The van der Waals surface area contributed by atoms with Gasteiger partial charge in [-0.2, -0.15) is 0 Å². The molecule has 3 rings (SSSR count). The van der Waals surface area contributed by atoms with E-state index in [2.05, 4.69) is 13.6 Å². The molecule has 3 heterocycles. The summed E-state index contributed by atoms with van der Waals surface area (Å²) >= 11 is 0. The second kappa shape index (κ2) is 12.7. The molecule has 174 valence electrons. The van der Waals surface area contributed by atoms with Crippen molar-refractivity contribution in [3.05, 3.63) is 71.0 Å². The summed E-state index contributed by atoms with van der Waals surface area (Å²) in [5.41, 5.74) is 0. The molecule has 0 amide bonds. The lowest BCUT2D eigenvalue weighted by Crippen LogP contribution is -1.97. The highest BCUT2D eigenvalue weighted by atomic mass is 16.5. The third kappa shape index (κ3) is 9.17. The van der Waals surface area contributed by atoms with E-state index in [1.165, 1.54) is 25.1 Å². The lowest BCUT2D eigenvalue weighted by molar-refractivity contribution is -0.142. The van der Waals surface area contributed by atoms with Crippen LogP contribution < -0.4 is 0 Å². The SMILES string of the molecule is CC(=O)OCc1ccc(C=O)o1.O=C(O)c1ccc(C(=O)O)o1.O=Cc1ccc(C(=O)O)o1. The summed E-state index contributed by atoms with van der Waals surface area (Å²) in [5.74, 6) is -4.35. The first-order chi connectivity index (χ1) is 15.6. The Kier molecular flexibility index (Phi) is 10.0. The van der Waals surface area contributed by atoms with Crippen LogP contribution in [0.1, 0.15) is 65.5 Å². The summed E-state index contributed by atoms with van der Waals surface area (Å²) < 4.78 is 18.5. The molecule has 0 aromatic carbocycles. The third-order valence-electron chi connectivity index (χ3n) is 3.20. The monoisotopic (exact) mass is 464 g/mol. The van der Waals surface area contributed by atoms with Gasteiger partial charge in [0.1, 0.15) is 12.4 Å². The molecular formula is C20H16O13. The zero-order valence-electron chi connectivity index (χ0n) is 16.8. The molecule has 0 aliphatic carbocycles. The van der Waals surface area contributed by atoms with Gasteiger partial charge in [0.05, 0.1) is 0 Å². The molecule has 0 atom stereocenters. The van der Waals surface area contributed by atoms with Crippen molar-refractivity contribution in [2.24, 2.45) is 0 Å². The summed E-state index contributed by atoms with van der Waals surface area (Å²) in [4.78, 5) is 60.9. The summed E-state index contributed by atoms with van der Waals surface area (Å²) in [6.07, 6.45) is 1.05. The van der Waals surface area contributed by atoms with Crippen molar-refractivity contribution < 1.29 is 62.1 Å². The Morgan fingerprint density at radius 1 is 0.727 bits per heavy atom. The molecule has 3 aromatic rings. The number of furan rings is 3. The zero-order valence-corrected chi connectivity index (χ0v) is 16.8. The maximum Gasteiger partial charge on any atom is 0.371 e. The van der Waals surface area contributed by atoms with Gasteiger partial charge >= 0.3 is 23.9 Å². The first-order valence-corrected chi connectivity index (χ1v) is 8.59. The van der Waals surface area contributed by atoms with Crippen molar-refractivity contribution in [2.45, 2.75) is 13.5 Å². The van der Waals surface area contributed by atoms with Crippen LogP contribution in [0.3, 0.4) is 0 Å². The molecule has 0 saturated carbocycles. The van der Waals surface area contributed by atoms with Crippen LogP contribution in [0, 0.1) is 0 Å². The van der Waals surface area contributed by atoms with Crippen molar-refractivity contribution in [1.29, 1.82) is 0 Å². The second-order valence-corrected chi connectivity index (χ2v) is 5.60. The van der Waals surface area contributed by atoms with Crippen molar-refractivity contribution in [3.8, 4) is 0 Å². The van der Waals surface area contributed by atoms with Crippen LogP contribution in [0.4, 0.5) is 0 Å². The first-order valence-electron chi connectivity index (χ1n) is 8.59. The zero-order chi connectivity index (χ0) is 25.0. The molecule has 0 aliphatic heterocycles. The molecule has 0 unspecified atom stereocenters.